The number of anilines is 1. The monoisotopic (exact) mass is 245 g/mol. The van der Waals surface area contributed by atoms with Crippen LogP contribution >= 0.6 is 0 Å². The van der Waals surface area contributed by atoms with Crippen molar-refractivity contribution in [3.63, 3.8) is 0 Å². The zero-order valence-electron chi connectivity index (χ0n) is 10.9. The molecule has 0 bridgehead atoms. The minimum atomic E-state index is 0.848. The van der Waals surface area contributed by atoms with E-state index in [1.807, 2.05) is 0 Å². The molecule has 0 radical (unpaired) electrons. The zero-order chi connectivity index (χ0) is 13.0. The SMILES string of the molecule is CCc1cc2cccc3ccc4cc(N)cc1c4c32. The van der Waals surface area contributed by atoms with Gasteiger partial charge in [-0.25, -0.2) is 0 Å². The van der Waals surface area contributed by atoms with Crippen molar-refractivity contribution in [3.05, 3.63) is 54.1 Å². The first kappa shape index (κ1) is 10.6. The Morgan fingerprint density at radius 2 is 1.58 bits per heavy atom. The summed E-state index contributed by atoms with van der Waals surface area (Å²) in [7, 11) is 0. The van der Waals surface area contributed by atoms with Gasteiger partial charge in [0.1, 0.15) is 0 Å². The van der Waals surface area contributed by atoms with E-state index in [0.717, 1.165) is 12.1 Å². The Balaban J connectivity index is 2.41. The second-order valence-electron chi connectivity index (χ2n) is 5.20. The van der Waals surface area contributed by atoms with Crippen LogP contribution in [0.2, 0.25) is 0 Å². The van der Waals surface area contributed by atoms with E-state index in [0.29, 0.717) is 0 Å². The van der Waals surface area contributed by atoms with Crippen LogP contribution in [0.1, 0.15) is 12.5 Å². The Morgan fingerprint density at radius 1 is 0.842 bits per heavy atom. The van der Waals surface area contributed by atoms with Gasteiger partial charge in [0.2, 0.25) is 0 Å². The number of aryl methyl sites for hydroxylation is 1. The predicted octanol–water partition coefficient (Wildman–Crippen LogP) is 4.73. The molecular formula is C18H15N. The average Bonchev–Trinajstić information content (AvgIpc) is 2.43. The third kappa shape index (κ3) is 1.36. The zero-order valence-corrected chi connectivity index (χ0v) is 10.9. The normalized spacial score (nSPS) is 11.8. The standard InChI is InChI=1S/C18H15N/c1-2-11-8-13-5-3-4-12-6-7-14-9-15(19)10-16(11)18(14)17(12)13/h3-10H,2,19H2,1H3. The molecule has 0 heterocycles. The van der Waals surface area contributed by atoms with E-state index < -0.39 is 0 Å². The van der Waals surface area contributed by atoms with E-state index in [1.54, 1.807) is 0 Å². The molecule has 0 saturated heterocycles. The van der Waals surface area contributed by atoms with Gasteiger partial charge in [0.15, 0.2) is 0 Å². The fourth-order valence-corrected chi connectivity index (χ4v) is 3.23. The van der Waals surface area contributed by atoms with Crippen LogP contribution in [0, 0.1) is 0 Å². The van der Waals surface area contributed by atoms with Crippen molar-refractivity contribution in [3.8, 4) is 0 Å². The van der Waals surface area contributed by atoms with Crippen LogP contribution in [-0.2, 0) is 6.42 Å². The smallest absolute Gasteiger partial charge is 0.0326 e. The molecular weight excluding hydrogens is 230 g/mol. The Kier molecular flexibility index (Phi) is 2.02. The molecule has 0 atom stereocenters. The quantitative estimate of drug-likeness (QED) is 0.381. The largest absolute Gasteiger partial charge is 0.399 e. The lowest BCUT2D eigenvalue weighted by atomic mass is 9.90. The van der Waals surface area contributed by atoms with Gasteiger partial charge >= 0.3 is 0 Å². The van der Waals surface area contributed by atoms with E-state index in [4.69, 9.17) is 5.73 Å². The fourth-order valence-electron chi connectivity index (χ4n) is 3.23. The highest BCUT2D eigenvalue weighted by molar-refractivity contribution is 6.24. The van der Waals surface area contributed by atoms with Gasteiger partial charge in [-0.1, -0.05) is 43.3 Å². The first-order chi connectivity index (χ1) is 9.28. The third-order valence-electron chi connectivity index (χ3n) is 4.07. The minimum Gasteiger partial charge on any atom is -0.399 e. The molecule has 92 valence electrons. The summed E-state index contributed by atoms with van der Waals surface area (Å²) < 4.78 is 0. The van der Waals surface area contributed by atoms with Gasteiger partial charge in [-0.15, -0.1) is 0 Å². The summed E-state index contributed by atoms with van der Waals surface area (Å²) in [5, 5.41) is 7.92. The maximum Gasteiger partial charge on any atom is 0.0326 e. The molecule has 2 N–H and O–H groups in total. The van der Waals surface area contributed by atoms with Crippen LogP contribution in [0.4, 0.5) is 5.69 Å². The highest BCUT2D eigenvalue weighted by atomic mass is 14.5. The van der Waals surface area contributed by atoms with Gasteiger partial charge in [0.05, 0.1) is 0 Å². The van der Waals surface area contributed by atoms with Crippen molar-refractivity contribution in [1.82, 2.24) is 0 Å². The van der Waals surface area contributed by atoms with Crippen LogP contribution in [0.3, 0.4) is 0 Å². The lowest BCUT2D eigenvalue weighted by molar-refractivity contribution is 1.16. The molecule has 0 aliphatic heterocycles. The molecule has 4 rings (SSSR count). The molecule has 1 nitrogen and oxygen atoms in total. The number of nitrogens with two attached hydrogens (primary N) is 1. The van der Waals surface area contributed by atoms with Crippen LogP contribution in [0.25, 0.3) is 32.3 Å². The van der Waals surface area contributed by atoms with Crippen molar-refractivity contribution in [2.75, 3.05) is 5.73 Å². The van der Waals surface area contributed by atoms with Gasteiger partial charge in [-0.05, 0) is 56.4 Å². The summed E-state index contributed by atoms with van der Waals surface area (Å²) in [5.41, 5.74) is 8.28. The summed E-state index contributed by atoms with van der Waals surface area (Å²) in [6.45, 7) is 2.20. The molecule has 0 aromatic heterocycles. The summed E-state index contributed by atoms with van der Waals surface area (Å²) in [4.78, 5) is 0. The van der Waals surface area contributed by atoms with Crippen LogP contribution in [-0.4, -0.2) is 0 Å². The molecule has 0 spiro atoms. The molecule has 0 aliphatic carbocycles. The molecule has 0 amide bonds. The minimum absolute atomic E-state index is 0.848. The molecule has 1 heteroatoms. The molecule has 0 fully saturated rings. The molecule has 0 unspecified atom stereocenters. The summed E-state index contributed by atoms with van der Waals surface area (Å²) in [6.07, 6.45) is 1.03. The average molecular weight is 245 g/mol. The first-order valence-corrected chi connectivity index (χ1v) is 6.74. The summed E-state index contributed by atoms with van der Waals surface area (Å²) in [6, 6.07) is 17.4. The molecule has 0 saturated carbocycles. The van der Waals surface area contributed by atoms with Gasteiger partial charge in [-0.2, -0.15) is 0 Å². The highest BCUT2D eigenvalue weighted by Gasteiger charge is 2.11. The topological polar surface area (TPSA) is 26.0 Å². The maximum atomic E-state index is 6.05. The van der Waals surface area contributed by atoms with Gasteiger partial charge < -0.3 is 5.73 Å². The first-order valence-electron chi connectivity index (χ1n) is 6.74. The fraction of sp³-hybridized carbons (Fsp3) is 0.111. The van der Waals surface area contributed by atoms with Gasteiger partial charge in [-0.3, -0.25) is 0 Å². The Labute approximate surface area is 112 Å². The van der Waals surface area contributed by atoms with Crippen molar-refractivity contribution >= 4 is 38.0 Å². The predicted molar refractivity (Wildman–Crippen MR) is 83.9 cm³/mol. The van der Waals surface area contributed by atoms with Crippen molar-refractivity contribution < 1.29 is 0 Å². The number of benzene rings is 4. The van der Waals surface area contributed by atoms with Crippen molar-refractivity contribution in [2.45, 2.75) is 13.3 Å². The number of rotatable bonds is 1. The highest BCUT2D eigenvalue weighted by Crippen LogP contribution is 2.37. The summed E-state index contributed by atoms with van der Waals surface area (Å²) in [5.74, 6) is 0. The van der Waals surface area contributed by atoms with Crippen LogP contribution in [0.5, 0.6) is 0 Å². The van der Waals surface area contributed by atoms with E-state index in [9.17, 15) is 0 Å². The maximum absolute atomic E-state index is 6.05. The Morgan fingerprint density at radius 3 is 2.42 bits per heavy atom. The van der Waals surface area contributed by atoms with Crippen molar-refractivity contribution in [1.29, 1.82) is 0 Å². The number of hydrogen-bond acceptors (Lipinski definition) is 1. The number of hydrogen-bond donors (Lipinski definition) is 1. The molecule has 19 heavy (non-hydrogen) atoms. The molecule has 4 aromatic rings. The van der Waals surface area contributed by atoms with E-state index >= 15 is 0 Å². The second-order valence-corrected chi connectivity index (χ2v) is 5.20. The van der Waals surface area contributed by atoms with Crippen molar-refractivity contribution in [2.24, 2.45) is 0 Å². The van der Waals surface area contributed by atoms with Gasteiger partial charge in [0, 0.05) is 5.69 Å². The van der Waals surface area contributed by atoms with Crippen LogP contribution in [0.15, 0.2) is 48.5 Å². The van der Waals surface area contributed by atoms with E-state index in [-0.39, 0.29) is 0 Å². The second kappa shape index (κ2) is 3.61. The van der Waals surface area contributed by atoms with E-state index in [2.05, 4.69) is 55.5 Å². The van der Waals surface area contributed by atoms with E-state index in [1.165, 1.54) is 37.9 Å². The molecule has 4 aromatic carbocycles. The lowest BCUT2D eigenvalue weighted by Crippen LogP contribution is -1.92. The Hall–Kier alpha value is -2.28. The third-order valence-corrected chi connectivity index (χ3v) is 4.07. The summed E-state index contributed by atoms with van der Waals surface area (Å²) >= 11 is 0. The molecule has 0 aliphatic rings. The van der Waals surface area contributed by atoms with Gasteiger partial charge in [0.25, 0.3) is 0 Å². The number of nitrogen functional groups attached to an aromatic ring is 1. The lowest BCUT2D eigenvalue weighted by Gasteiger charge is -2.14. The van der Waals surface area contributed by atoms with Crippen LogP contribution < -0.4 is 5.73 Å². The Bertz CT molecular complexity index is 906.